The Labute approximate surface area is 185 Å². The van der Waals surface area contributed by atoms with Crippen molar-refractivity contribution in [2.75, 3.05) is 44.3 Å². The molecule has 0 aliphatic carbocycles. The summed E-state index contributed by atoms with van der Waals surface area (Å²) in [6, 6.07) is 8.55. The Hall–Kier alpha value is -2.31. The quantitative estimate of drug-likeness (QED) is 0.752. The fourth-order valence-corrected chi connectivity index (χ4v) is 5.09. The number of benzene rings is 1. The molecule has 2 aliphatic heterocycles. The molecule has 2 fully saturated rings. The summed E-state index contributed by atoms with van der Waals surface area (Å²) >= 11 is 0. The van der Waals surface area contributed by atoms with E-state index in [1.54, 1.807) is 0 Å². The smallest absolute Gasteiger partial charge is 0.271 e. The third kappa shape index (κ3) is 4.51. The molecule has 0 saturated carbocycles. The first-order valence-corrected chi connectivity index (χ1v) is 11.4. The van der Waals surface area contributed by atoms with Gasteiger partial charge in [-0.3, -0.25) is 4.79 Å². The molecule has 1 aromatic carbocycles. The van der Waals surface area contributed by atoms with Crippen molar-refractivity contribution >= 4 is 11.6 Å². The zero-order valence-electron chi connectivity index (χ0n) is 19.5. The Bertz CT molecular complexity index is 936. The number of hydrogen-bond donors (Lipinski definition) is 0. The van der Waals surface area contributed by atoms with Crippen molar-refractivity contribution in [3.05, 3.63) is 52.3 Å². The minimum Gasteiger partial charge on any atom is -0.378 e. The third-order valence-electron chi connectivity index (χ3n) is 6.39. The lowest BCUT2D eigenvalue weighted by atomic mass is 10.1. The highest BCUT2D eigenvalue weighted by Crippen LogP contribution is 2.33. The maximum absolute atomic E-state index is 13.8. The highest BCUT2D eigenvalue weighted by atomic mass is 16.5. The van der Waals surface area contributed by atoms with Crippen LogP contribution in [0.25, 0.3) is 0 Å². The lowest BCUT2D eigenvalue weighted by Gasteiger charge is -2.35. The number of rotatable bonds is 4. The SMILES string of the molecule is Cc1cccc(Cn2c(C)c(N3CCOCC3)c(C)c2C(=O)N2C[C@@H](C)O[C@@H](C)C2)c1. The Morgan fingerprint density at radius 2 is 1.74 bits per heavy atom. The zero-order valence-corrected chi connectivity index (χ0v) is 19.5. The topological polar surface area (TPSA) is 46.9 Å². The molecule has 2 saturated heterocycles. The standard InChI is InChI=1S/C25H35N3O3/c1-17-7-6-8-22(13-17)16-28-21(5)23(26-9-11-30-12-10-26)20(4)24(28)25(29)27-14-18(2)31-19(3)15-27/h6-8,13,18-19H,9-12,14-16H2,1-5H3/t18-,19+. The number of aryl methyl sites for hydroxylation is 1. The van der Waals surface area contributed by atoms with Crippen molar-refractivity contribution in [2.45, 2.75) is 53.4 Å². The molecule has 0 radical (unpaired) electrons. The highest BCUT2D eigenvalue weighted by molar-refractivity contribution is 5.97. The van der Waals surface area contributed by atoms with E-state index in [-0.39, 0.29) is 18.1 Å². The number of anilines is 1. The number of aromatic nitrogens is 1. The van der Waals surface area contributed by atoms with E-state index in [1.165, 1.54) is 16.8 Å². The lowest BCUT2D eigenvalue weighted by molar-refractivity contribution is -0.0588. The summed E-state index contributed by atoms with van der Waals surface area (Å²) in [6.45, 7) is 15.6. The molecule has 6 heteroatoms. The summed E-state index contributed by atoms with van der Waals surface area (Å²) in [4.78, 5) is 18.2. The van der Waals surface area contributed by atoms with E-state index in [4.69, 9.17) is 9.47 Å². The Morgan fingerprint density at radius 1 is 1.06 bits per heavy atom. The fraction of sp³-hybridized carbons (Fsp3) is 0.560. The van der Waals surface area contributed by atoms with Crippen LogP contribution in [0.4, 0.5) is 5.69 Å². The molecule has 0 unspecified atom stereocenters. The monoisotopic (exact) mass is 425 g/mol. The third-order valence-corrected chi connectivity index (χ3v) is 6.39. The van der Waals surface area contributed by atoms with Crippen molar-refractivity contribution in [3.8, 4) is 0 Å². The summed E-state index contributed by atoms with van der Waals surface area (Å²) < 4.78 is 13.7. The van der Waals surface area contributed by atoms with Crippen LogP contribution in [-0.2, 0) is 16.0 Å². The molecular weight excluding hydrogens is 390 g/mol. The van der Waals surface area contributed by atoms with Gasteiger partial charge in [-0.05, 0) is 40.2 Å². The van der Waals surface area contributed by atoms with Crippen LogP contribution in [0.2, 0.25) is 0 Å². The van der Waals surface area contributed by atoms with Gasteiger partial charge in [-0.15, -0.1) is 0 Å². The number of morpholine rings is 2. The highest BCUT2D eigenvalue weighted by Gasteiger charge is 2.32. The van der Waals surface area contributed by atoms with Gasteiger partial charge >= 0.3 is 0 Å². The van der Waals surface area contributed by atoms with Gasteiger partial charge in [-0.2, -0.15) is 0 Å². The van der Waals surface area contributed by atoms with Gasteiger partial charge in [0.1, 0.15) is 5.69 Å². The maximum Gasteiger partial charge on any atom is 0.271 e. The molecule has 0 bridgehead atoms. The number of amides is 1. The molecule has 4 rings (SSSR count). The molecule has 168 valence electrons. The number of nitrogens with zero attached hydrogens (tertiary/aromatic N) is 3. The first-order chi connectivity index (χ1) is 14.8. The minimum atomic E-state index is 0.0491. The number of carbonyl (C=O) groups excluding carboxylic acids is 1. The van der Waals surface area contributed by atoms with E-state index in [2.05, 4.69) is 54.5 Å². The number of ether oxygens (including phenoxy) is 2. The Balaban J connectivity index is 1.76. The number of hydrogen-bond acceptors (Lipinski definition) is 4. The second kappa shape index (κ2) is 9.05. The molecule has 1 amide bonds. The zero-order chi connectivity index (χ0) is 22.1. The second-order valence-electron chi connectivity index (χ2n) is 9.05. The van der Waals surface area contributed by atoms with Gasteiger partial charge in [0.25, 0.3) is 5.91 Å². The van der Waals surface area contributed by atoms with E-state index in [9.17, 15) is 4.79 Å². The van der Waals surface area contributed by atoms with Crippen LogP contribution < -0.4 is 4.90 Å². The molecule has 1 aromatic heterocycles. The van der Waals surface area contributed by atoms with Crippen LogP contribution in [-0.4, -0.2) is 67.0 Å². The van der Waals surface area contributed by atoms with Gasteiger partial charge in [0.05, 0.1) is 31.1 Å². The van der Waals surface area contributed by atoms with Crippen molar-refractivity contribution in [2.24, 2.45) is 0 Å². The van der Waals surface area contributed by atoms with Crippen molar-refractivity contribution in [1.29, 1.82) is 0 Å². The van der Waals surface area contributed by atoms with Crippen LogP contribution in [0.1, 0.15) is 46.7 Å². The van der Waals surface area contributed by atoms with E-state index < -0.39 is 0 Å². The maximum atomic E-state index is 13.8. The van der Waals surface area contributed by atoms with Crippen LogP contribution >= 0.6 is 0 Å². The molecule has 31 heavy (non-hydrogen) atoms. The van der Waals surface area contributed by atoms with Gasteiger partial charge in [0.2, 0.25) is 0 Å². The van der Waals surface area contributed by atoms with E-state index in [0.29, 0.717) is 19.6 Å². The summed E-state index contributed by atoms with van der Waals surface area (Å²) in [7, 11) is 0. The molecule has 2 atom stereocenters. The van der Waals surface area contributed by atoms with Crippen molar-refractivity contribution in [3.63, 3.8) is 0 Å². The summed E-state index contributed by atoms with van der Waals surface area (Å²) in [6.07, 6.45) is 0.0982. The van der Waals surface area contributed by atoms with E-state index in [1.807, 2.05) is 18.7 Å². The predicted octanol–water partition coefficient (Wildman–Crippen LogP) is 3.55. The van der Waals surface area contributed by atoms with Crippen LogP contribution in [0, 0.1) is 20.8 Å². The van der Waals surface area contributed by atoms with Crippen LogP contribution in [0.15, 0.2) is 24.3 Å². The van der Waals surface area contributed by atoms with Gasteiger partial charge in [-0.25, -0.2) is 0 Å². The second-order valence-corrected chi connectivity index (χ2v) is 9.05. The van der Waals surface area contributed by atoms with Crippen molar-refractivity contribution < 1.29 is 14.3 Å². The average Bonchev–Trinajstić information content (AvgIpc) is 2.97. The first kappa shape index (κ1) is 21.9. The molecular formula is C25H35N3O3. The molecule has 0 N–H and O–H groups in total. The summed E-state index contributed by atoms with van der Waals surface area (Å²) in [5, 5.41) is 0. The van der Waals surface area contributed by atoms with Crippen molar-refractivity contribution in [1.82, 2.24) is 9.47 Å². The van der Waals surface area contributed by atoms with Crippen LogP contribution in [0.5, 0.6) is 0 Å². The normalized spacial score (nSPS) is 22.1. The first-order valence-electron chi connectivity index (χ1n) is 11.4. The Kier molecular flexibility index (Phi) is 6.39. The molecule has 3 heterocycles. The van der Waals surface area contributed by atoms with E-state index in [0.717, 1.165) is 43.3 Å². The number of carbonyl (C=O) groups is 1. The van der Waals surface area contributed by atoms with Gasteiger partial charge in [0.15, 0.2) is 0 Å². The molecule has 0 spiro atoms. The average molecular weight is 426 g/mol. The molecule has 2 aromatic rings. The van der Waals surface area contributed by atoms with E-state index >= 15 is 0 Å². The Morgan fingerprint density at radius 3 is 2.39 bits per heavy atom. The van der Waals surface area contributed by atoms with Gasteiger partial charge in [-0.1, -0.05) is 29.8 Å². The van der Waals surface area contributed by atoms with Crippen LogP contribution in [0.3, 0.4) is 0 Å². The summed E-state index contributed by atoms with van der Waals surface area (Å²) in [5.41, 5.74) is 6.67. The molecule has 6 nitrogen and oxygen atoms in total. The lowest BCUT2D eigenvalue weighted by Crippen LogP contribution is -2.48. The van der Waals surface area contributed by atoms with Gasteiger partial charge in [0, 0.05) is 44.0 Å². The van der Waals surface area contributed by atoms with Gasteiger partial charge < -0.3 is 23.8 Å². The molecule has 2 aliphatic rings. The minimum absolute atomic E-state index is 0.0491. The predicted molar refractivity (Wildman–Crippen MR) is 123 cm³/mol. The largest absolute Gasteiger partial charge is 0.378 e. The summed E-state index contributed by atoms with van der Waals surface area (Å²) in [5.74, 6) is 0.106. The fourth-order valence-electron chi connectivity index (χ4n) is 5.09.